The minimum atomic E-state index is -4.58. The molecular weight excluding hydrogens is 439 g/mol. The molecule has 0 unspecified atom stereocenters. The van der Waals surface area contributed by atoms with Gasteiger partial charge in [-0.3, -0.25) is 14.9 Å². The molecule has 1 aromatic rings. The number of thioether (sulfide) groups is 1. The number of nitrogens with zero attached hydrogens (tertiary/aromatic N) is 2. The number of anilines is 1. The zero-order valence-corrected chi connectivity index (χ0v) is 18.1. The number of unbranched alkanes of at least 4 members (excludes halogenated alkanes) is 1. The van der Waals surface area contributed by atoms with Crippen LogP contribution in [0.1, 0.15) is 37.3 Å². The van der Waals surface area contributed by atoms with Gasteiger partial charge in [0.2, 0.25) is 0 Å². The Morgan fingerprint density at radius 2 is 1.97 bits per heavy atom. The lowest BCUT2D eigenvalue weighted by Crippen LogP contribution is -2.32. The van der Waals surface area contributed by atoms with Crippen molar-refractivity contribution in [3.8, 4) is 0 Å². The van der Waals surface area contributed by atoms with Crippen LogP contribution in [0.15, 0.2) is 17.0 Å². The van der Waals surface area contributed by atoms with Crippen molar-refractivity contribution in [3.05, 3.63) is 33.2 Å². The minimum absolute atomic E-state index is 0.0200. The third-order valence-electron chi connectivity index (χ3n) is 5.08. The van der Waals surface area contributed by atoms with Gasteiger partial charge in [-0.05, 0) is 55.9 Å². The number of hydrogen-bond donors (Lipinski definition) is 1. The predicted molar refractivity (Wildman–Crippen MR) is 114 cm³/mol. The lowest BCUT2D eigenvalue weighted by Gasteiger charge is -2.27. The molecule has 30 heavy (non-hydrogen) atoms. The van der Waals surface area contributed by atoms with Gasteiger partial charge >= 0.3 is 6.18 Å². The van der Waals surface area contributed by atoms with Crippen LogP contribution in [0.4, 0.5) is 23.7 Å². The number of carbonyl (C=O) groups is 2. The molecule has 5 nitrogen and oxygen atoms in total. The summed E-state index contributed by atoms with van der Waals surface area (Å²) in [6, 6.07) is 1.91. The smallest absolute Gasteiger partial charge is 0.369 e. The van der Waals surface area contributed by atoms with Crippen molar-refractivity contribution in [1.29, 1.82) is 0 Å². The highest BCUT2D eigenvalue weighted by Gasteiger charge is 2.33. The molecule has 0 bridgehead atoms. The molecule has 2 saturated heterocycles. The first-order chi connectivity index (χ1) is 14.2. The van der Waals surface area contributed by atoms with E-state index in [0.29, 0.717) is 30.5 Å². The van der Waals surface area contributed by atoms with Crippen molar-refractivity contribution >= 4 is 46.3 Å². The van der Waals surface area contributed by atoms with Gasteiger partial charge in [-0.25, -0.2) is 0 Å². The molecule has 1 N–H and O–H groups in total. The SMILES string of the molecule is CCCCN1CCCN(c2c(Cl)cc(C(F)(F)F)cc2/C=C2/SC(=O)NC2=O)CC1. The summed E-state index contributed by atoms with van der Waals surface area (Å²) in [7, 11) is 0. The van der Waals surface area contributed by atoms with E-state index in [0.717, 1.165) is 51.0 Å². The summed E-state index contributed by atoms with van der Waals surface area (Å²) in [4.78, 5) is 27.8. The summed E-state index contributed by atoms with van der Waals surface area (Å²) >= 11 is 7.01. The Bertz CT molecular complexity index is 860. The Kier molecular flexibility index (Phi) is 7.36. The van der Waals surface area contributed by atoms with E-state index in [4.69, 9.17) is 11.6 Å². The molecule has 2 aliphatic heterocycles. The minimum Gasteiger partial charge on any atom is -0.369 e. The van der Waals surface area contributed by atoms with Crippen LogP contribution < -0.4 is 10.2 Å². The van der Waals surface area contributed by atoms with Gasteiger partial charge in [0.15, 0.2) is 0 Å². The second-order valence-electron chi connectivity index (χ2n) is 7.28. The molecule has 0 aliphatic carbocycles. The zero-order valence-electron chi connectivity index (χ0n) is 16.5. The van der Waals surface area contributed by atoms with Gasteiger partial charge in [-0.15, -0.1) is 0 Å². The van der Waals surface area contributed by atoms with Crippen LogP contribution in [0.5, 0.6) is 0 Å². The summed E-state index contributed by atoms with van der Waals surface area (Å²) in [5, 5.41) is 1.55. The first-order valence-electron chi connectivity index (χ1n) is 9.82. The number of amides is 2. The van der Waals surface area contributed by atoms with Gasteiger partial charge in [-0.2, -0.15) is 13.2 Å². The van der Waals surface area contributed by atoms with E-state index in [-0.39, 0.29) is 15.5 Å². The molecular formula is C20H23ClF3N3O2S. The Morgan fingerprint density at radius 3 is 2.60 bits per heavy atom. The van der Waals surface area contributed by atoms with Crippen LogP contribution >= 0.6 is 23.4 Å². The Hall–Kier alpha value is -1.71. The van der Waals surface area contributed by atoms with E-state index in [1.54, 1.807) is 0 Å². The fourth-order valence-electron chi connectivity index (χ4n) is 3.59. The summed E-state index contributed by atoms with van der Waals surface area (Å²) in [6.45, 7) is 6.07. The standard InChI is InChI=1S/C20H23ClF3N3O2S/c1-2-3-5-26-6-4-7-27(9-8-26)17-13(11-16-18(28)25-19(29)30-16)10-14(12-15(17)21)20(22,23)24/h10-12H,2-9H2,1H3,(H,25,28,29)/b16-11+. The number of halogens is 4. The molecule has 0 atom stereocenters. The van der Waals surface area contributed by atoms with Gasteiger partial charge in [0.05, 0.1) is 21.2 Å². The van der Waals surface area contributed by atoms with Crippen molar-refractivity contribution in [2.45, 2.75) is 32.4 Å². The van der Waals surface area contributed by atoms with Gasteiger partial charge in [-0.1, -0.05) is 24.9 Å². The largest absolute Gasteiger partial charge is 0.416 e. The first-order valence-corrected chi connectivity index (χ1v) is 11.0. The zero-order chi connectivity index (χ0) is 21.9. The summed E-state index contributed by atoms with van der Waals surface area (Å²) < 4.78 is 40.1. The molecule has 0 spiro atoms. The van der Waals surface area contributed by atoms with E-state index in [1.807, 2.05) is 4.90 Å². The van der Waals surface area contributed by atoms with Gasteiger partial charge in [0.25, 0.3) is 11.1 Å². The number of benzene rings is 1. The average molecular weight is 462 g/mol. The molecule has 0 radical (unpaired) electrons. The van der Waals surface area contributed by atoms with E-state index in [1.165, 1.54) is 6.08 Å². The Balaban J connectivity index is 1.98. The summed E-state index contributed by atoms with van der Waals surface area (Å²) in [6.07, 6.45) is -0.210. The second-order valence-corrected chi connectivity index (χ2v) is 8.70. The van der Waals surface area contributed by atoms with Crippen molar-refractivity contribution in [2.24, 2.45) is 0 Å². The maximum absolute atomic E-state index is 13.4. The molecule has 0 aromatic heterocycles. The quantitative estimate of drug-likeness (QED) is 0.626. The maximum Gasteiger partial charge on any atom is 0.416 e. The highest BCUT2D eigenvalue weighted by atomic mass is 35.5. The van der Waals surface area contributed by atoms with E-state index < -0.39 is 22.9 Å². The average Bonchev–Trinajstić information content (AvgIpc) is 2.85. The third-order valence-corrected chi connectivity index (χ3v) is 6.18. The molecule has 2 fully saturated rings. The lowest BCUT2D eigenvalue weighted by molar-refractivity contribution is -0.137. The van der Waals surface area contributed by atoms with Crippen molar-refractivity contribution < 1.29 is 22.8 Å². The molecule has 3 rings (SSSR count). The molecule has 1 aromatic carbocycles. The fourth-order valence-corrected chi connectivity index (χ4v) is 4.61. The normalized spacial score (nSPS) is 20.0. The van der Waals surface area contributed by atoms with Crippen molar-refractivity contribution in [1.82, 2.24) is 10.2 Å². The number of nitrogens with one attached hydrogen (secondary N) is 1. The summed E-state index contributed by atoms with van der Waals surface area (Å²) in [5.74, 6) is -0.619. The predicted octanol–water partition coefficient (Wildman–Crippen LogP) is 4.99. The third kappa shape index (κ3) is 5.50. The lowest BCUT2D eigenvalue weighted by atomic mass is 10.1. The van der Waals surface area contributed by atoms with E-state index >= 15 is 0 Å². The van der Waals surface area contributed by atoms with Crippen LogP contribution in [-0.2, 0) is 11.0 Å². The monoisotopic (exact) mass is 461 g/mol. The maximum atomic E-state index is 13.4. The Labute approximate surface area is 182 Å². The number of carbonyl (C=O) groups excluding carboxylic acids is 2. The van der Waals surface area contributed by atoms with Gasteiger partial charge in [0.1, 0.15) is 0 Å². The second kappa shape index (κ2) is 9.62. The topological polar surface area (TPSA) is 52.6 Å². The van der Waals surface area contributed by atoms with Crippen LogP contribution in [0.3, 0.4) is 0 Å². The van der Waals surface area contributed by atoms with Crippen molar-refractivity contribution in [2.75, 3.05) is 37.6 Å². The van der Waals surface area contributed by atoms with Gasteiger partial charge < -0.3 is 9.80 Å². The molecule has 164 valence electrons. The number of rotatable bonds is 5. The van der Waals surface area contributed by atoms with Crippen LogP contribution in [0.25, 0.3) is 6.08 Å². The highest BCUT2D eigenvalue weighted by molar-refractivity contribution is 8.18. The number of alkyl halides is 3. The van der Waals surface area contributed by atoms with Crippen LogP contribution in [-0.4, -0.2) is 48.8 Å². The van der Waals surface area contributed by atoms with Crippen LogP contribution in [0.2, 0.25) is 5.02 Å². The number of hydrogen-bond acceptors (Lipinski definition) is 5. The summed E-state index contributed by atoms with van der Waals surface area (Å²) in [5.41, 5.74) is -0.247. The van der Waals surface area contributed by atoms with E-state index in [2.05, 4.69) is 17.1 Å². The van der Waals surface area contributed by atoms with Crippen molar-refractivity contribution in [3.63, 3.8) is 0 Å². The van der Waals surface area contributed by atoms with Gasteiger partial charge in [0, 0.05) is 25.2 Å². The molecule has 0 saturated carbocycles. The Morgan fingerprint density at radius 1 is 1.20 bits per heavy atom. The highest BCUT2D eigenvalue weighted by Crippen LogP contribution is 2.40. The fraction of sp³-hybridized carbons (Fsp3) is 0.500. The molecule has 2 amide bonds. The molecule has 2 aliphatic rings. The van der Waals surface area contributed by atoms with Crippen LogP contribution in [0, 0.1) is 0 Å². The number of imide groups is 1. The van der Waals surface area contributed by atoms with E-state index in [9.17, 15) is 22.8 Å². The molecule has 2 heterocycles. The first kappa shape index (κ1) is 23.0. The molecule has 10 heteroatoms.